The lowest BCUT2D eigenvalue weighted by molar-refractivity contribution is 0.747. The molecule has 0 aliphatic rings. The normalized spacial score (nSPS) is 10.6. The lowest BCUT2D eigenvalue weighted by atomic mass is 10.1. The van der Waals surface area contributed by atoms with E-state index >= 15 is 0 Å². The predicted octanol–water partition coefficient (Wildman–Crippen LogP) is 2.49. The van der Waals surface area contributed by atoms with Gasteiger partial charge >= 0.3 is 0 Å². The van der Waals surface area contributed by atoms with Gasteiger partial charge in [-0.05, 0) is 24.5 Å². The zero-order valence-electron chi connectivity index (χ0n) is 11.2. The van der Waals surface area contributed by atoms with Crippen LogP contribution in [0, 0.1) is 6.92 Å². The first-order chi connectivity index (χ1) is 8.63. The van der Waals surface area contributed by atoms with E-state index in [0.717, 1.165) is 30.2 Å². The fraction of sp³-hybridized carbons (Fsp3) is 0.357. The standard InChI is InChI=1S/C14H20N4/c1-4-12-13(15)14(18(3)17-12)16-9-11-8-6-5-7-10(11)2/h5-8,16H,4,9,15H2,1-3H3. The fourth-order valence-electron chi connectivity index (χ4n) is 2.05. The largest absolute Gasteiger partial charge is 0.394 e. The van der Waals surface area contributed by atoms with E-state index in [2.05, 4.69) is 36.4 Å². The van der Waals surface area contributed by atoms with Gasteiger partial charge in [0, 0.05) is 13.6 Å². The third-order valence-electron chi connectivity index (χ3n) is 3.20. The number of nitrogens with two attached hydrogens (primary N) is 1. The molecule has 0 amide bonds. The molecule has 0 saturated heterocycles. The number of aryl methyl sites for hydroxylation is 3. The lowest BCUT2D eigenvalue weighted by Crippen LogP contribution is -2.07. The Labute approximate surface area is 108 Å². The van der Waals surface area contributed by atoms with Crippen molar-refractivity contribution in [3.05, 3.63) is 41.1 Å². The highest BCUT2D eigenvalue weighted by atomic mass is 15.3. The molecule has 0 aliphatic carbocycles. The van der Waals surface area contributed by atoms with Gasteiger partial charge in [-0.1, -0.05) is 31.2 Å². The average Bonchev–Trinajstić information content (AvgIpc) is 2.64. The van der Waals surface area contributed by atoms with Crippen molar-refractivity contribution >= 4 is 11.5 Å². The van der Waals surface area contributed by atoms with Crippen molar-refractivity contribution in [2.75, 3.05) is 11.1 Å². The van der Waals surface area contributed by atoms with Crippen LogP contribution in [0.5, 0.6) is 0 Å². The SMILES string of the molecule is CCc1nn(C)c(NCc2ccccc2C)c1N. The Morgan fingerprint density at radius 2 is 2.06 bits per heavy atom. The van der Waals surface area contributed by atoms with Crippen LogP contribution in [0.3, 0.4) is 0 Å². The molecular formula is C14H20N4. The molecule has 4 nitrogen and oxygen atoms in total. The first-order valence-electron chi connectivity index (χ1n) is 6.23. The van der Waals surface area contributed by atoms with Gasteiger partial charge in [-0.25, -0.2) is 0 Å². The second kappa shape index (κ2) is 5.12. The maximum absolute atomic E-state index is 6.07. The Hall–Kier alpha value is -1.97. The van der Waals surface area contributed by atoms with E-state index in [9.17, 15) is 0 Å². The van der Waals surface area contributed by atoms with Gasteiger partial charge in [-0.15, -0.1) is 0 Å². The van der Waals surface area contributed by atoms with Crippen LogP contribution in [0.2, 0.25) is 0 Å². The number of nitrogen functional groups attached to an aromatic ring is 1. The van der Waals surface area contributed by atoms with E-state index in [0.29, 0.717) is 0 Å². The number of nitrogens with zero attached hydrogens (tertiary/aromatic N) is 2. The number of benzene rings is 1. The van der Waals surface area contributed by atoms with E-state index in [1.165, 1.54) is 11.1 Å². The van der Waals surface area contributed by atoms with Gasteiger partial charge in [0.1, 0.15) is 5.82 Å². The summed E-state index contributed by atoms with van der Waals surface area (Å²) in [7, 11) is 1.91. The number of anilines is 2. The Kier molecular flexibility index (Phi) is 3.55. The summed E-state index contributed by atoms with van der Waals surface area (Å²) >= 11 is 0. The molecule has 0 fully saturated rings. The Morgan fingerprint density at radius 1 is 1.33 bits per heavy atom. The molecule has 96 valence electrons. The first-order valence-corrected chi connectivity index (χ1v) is 6.23. The smallest absolute Gasteiger partial charge is 0.148 e. The summed E-state index contributed by atoms with van der Waals surface area (Å²) in [6, 6.07) is 8.33. The maximum Gasteiger partial charge on any atom is 0.148 e. The molecule has 18 heavy (non-hydrogen) atoms. The van der Waals surface area contributed by atoms with Gasteiger partial charge < -0.3 is 11.1 Å². The third-order valence-corrected chi connectivity index (χ3v) is 3.20. The highest BCUT2D eigenvalue weighted by Crippen LogP contribution is 2.23. The van der Waals surface area contributed by atoms with Crippen LogP contribution in [0.4, 0.5) is 11.5 Å². The molecule has 1 aromatic heterocycles. The molecule has 3 N–H and O–H groups in total. The zero-order valence-corrected chi connectivity index (χ0v) is 11.2. The predicted molar refractivity (Wildman–Crippen MR) is 75.5 cm³/mol. The van der Waals surface area contributed by atoms with Crippen LogP contribution in [0.15, 0.2) is 24.3 Å². The Balaban J connectivity index is 2.16. The van der Waals surface area contributed by atoms with Crippen LogP contribution in [0.25, 0.3) is 0 Å². The fourth-order valence-corrected chi connectivity index (χ4v) is 2.05. The summed E-state index contributed by atoms with van der Waals surface area (Å²) in [4.78, 5) is 0. The van der Waals surface area contributed by atoms with Crippen LogP contribution < -0.4 is 11.1 Å². The quantitative estimate of drug-likeness (QED) is 0.868. The summed E-state index contributed by atoms with van der Waals surface area (Å²) in [6.07, 6.45) is 0.853. The molecule has 2 aromatic rings. The van der Waals surface area contributed by atoms with E-state index in [1.54, 1.807) is 0 Å². The molecule has 0 aliphatic heterocycles. The van der Waals surface area contributed by atoms with Crippen molar-refractivity contribution in [2.24, 2.45) is 7.05 Å². The molecule has 0 saturated carbocycles. The summed E-state index contributed by atoms with van der Waals surface area (Å²) < 4.78 is 1.81. The molecule has 1 heterocycles. The first kappa shape index (κ1) is 12.5. The minimum Gasteiger partial charge on any atom is -0.394 e. The second-order valence-electron chi connectivity index (χ2n) is 4.47. The van der Waals surface area contributed by atoms with Crippen LogP contribution in [-0.4, -0.2) is 9.78 Å². The molecule has 4 heteroatoms. The van der Waals surface area contributed by atoms with E-state index in [-0.39, 0.29) is 0 Å². The van der Waals surface area contributed by atoms with Gasteiger partial charge in [0.25, 0.3) is 0 Å². The van der Waals surface area contributed by atoms with Gasteiger partial charge in [-0.3, -0.25) is 4.68 Å². The molecule has 0 unspecified atom stereocenters. The zero-order chi connectivity index (χ0) is 13.1. The van der Waals surface area contributed by atoms with E-state index < -0.39 is 0 Å². The molecule has 1 aromatic carbocycles. The van der Waals surface area contributed by atoms with Crippen molar-refractivity contribution in [3.63, 3.8) is 0 Å². The van der Waals surface area contributed by atoms with Crippen molar-refractivity contribution in [1.82, 2.24) is 9.78 Å². The number of rotatable bonds is 4. The highest BCUT2D eigenvalue weighted by molar-refractivity contribution is 5.65. The van der Waals surface area contributed by atoms with Crippen molar-refractivity contribution in [2.45, 2.75) is 26.8 Å². The average molecular weight is 244 g/mol. The van der Waals surface area contributed by atoms with Crippen molar-refractivity contribution < 1.29 is 0 Å². The van der Waals surface area contributed by atoms with Crippen molar-refractivity contribution in [3.8, 4) is 0 Å². The monoisotopic (exact) mass is 244 g/mol. The summed E-state index contributed by atoms with van der Waals surface area (Å²) in [6.45, 7) is 4.93. The minimum absolute atomic E-state index is 0.758. The summed E-state index contributed by atoms with van der Waals surface area (Å²) in [5.41, 5.74) is 10.3. The molecule has 0 atom stereocenters. The van der Waals surface area contributed by atoms with Crippen LogP contribution in [0.1, 0.15) is 23.7 Å². The molecule has 2 rings (SSSR count). The Morgan fingerprint density at radius 3 is 2.67 bits per heavy atom. The topological polar surface area (TPSA) is 55.9 Å². The number of aromatic nitrogens is 2. The van der Waals surface area contributed by atoms with Gasteiger partial charge in [0.05, 0.1) is 11.4 Å². The minimum atomic E-state index is 0.758. The maximum atomic E-state index is 6.07. The molecule has 0 bridgehead atoms. The summed E-state index contributed by atoms with van der Waals surface area (Å²) in [5, 5.41) is 7.76. The molecule has 0 radical (unpaired) electrons. The molecule has 0 spiro atoms. The number of hydrogen-bond donors (Lipinski definition) is 2. The molecular weight excluding hydrogens is 224 g/mol. The van der Waals surface area contributed by atoms with Gasteiger partial charge in [-0.2, -0.15) is 5.10 Å². The van der Waals surface area contributed by atoms with Crippen molar-refractivity contribution in [1.29, 1.82) is 0 Å². The van der Waals surface area contributed by atoms with E-state index in [1.807, 2.05) is 23.9 Å². The Bertz CT molecular complexity index is 543. The second-order valence-corrected chi connectivity index (χ2v) is 4.47. The third kappa shape index (κ3) is 2.32. The van der Waals surface area contributed by atoms with Crippen LogP contribution in [-0.2, 0) is 20.0 Å². The van der Waals surface area contributed by atoms with Crippen LogP contribution >= 0.6 is 0 Å². The van der Waals surface area contributed by atoms with Gasteiger partial charge in [0.15, 0.2) is 0 Å². The number of hydrogen-bond acceptors (Lipinski definition) is 3. The number of nitrogens with one attached hydrogen (secondary N) is 1. The van der Waals surface area contributed by atoms with E-state index in [4.69, 9.17) is 5.73 Å². The lowest BCUT2D eigenvalue weighted by Gasteiger charge is -2.09. The summed E-state index contributed by atoms with van der Waals surface area (Å²) in [5.74, 6) is 0.898. The van der Waals surface area contributed by atoms with Gasteiger partial charge in [0.2, 0.25) is 0 Å². The highest BCUT2D eigenvalue weighted by Gasteiger charge is 2.11.